The second-order valence-electron chi connectivity index (χ2n) is 5.17. The average molecular weight is 289 g/mol. The lowest BCUT2D eigenvalue weighted by Gasteiger charge is -2.22. The van der Waals surface area contributed by atoms with Crippen LogP contribution in [0.25, 0.3) is 0 Å². The minimum Gasteiger partial charge on any atom is -0.363 e. The van der Waals surface area contributed by atoms with Crippen LogP contribution in [0.2, 0.25) is 0 Å². The maximum absolute atomic E-state index is 4.32. The molecule has 0 atom stereocenters. The van der Waals surface area contributed by atoms with Crippen molar-refractivity contribution in [2.75, 3.05) is 39.6 Å². The molecule has 0 aliphatic carbocycles. The molecule has 0 fully saturated rings. The Hall–Kier alpha value is -2.04. The molecule has 1 aromatic heterocycles. The number of hydrogen-bond donors (Lipinski definition) is 1. The van der Waals surface area contributed by atoms with Crippen molar-refractivity contribution in [3.63, 3.8) is 0 Å². The highest BCUT2D eigenvalue weighted by molar-refractivity contribution is 5.79. The molecule has 0 saturated carbocycles. The van der Waals surface area contributed by atoms with Crippen molar-refractivity contribution in [1.29, 1.82) is 0 Å². The third kappa shape index (κ3) is 5.85. The van der Waals surface area contributed by atoms with Crippen molar-refractivity contribution in [2.45, 2.75) is 19.4 Å². The maximum Gasteiger partial charge on any atom is 0.193 e. The second kappa shape index (κ2) is 9.00. The smallest absolute Gasteiger partial charge is 0.193 e. The van der Waals surface area contributed by atoms with Crippen LogP contribution in [0.5, 0.6) is 0 Å². The largest absolute Gasteiger partial charge is 0.363 e. The second-order valence-corrected chi connectivity index (χ2v) is 5.17. The lowest BCUT2D eigenvalue weighted by molar-refractivity contribution is 0.470. The predicted molar refractivity (Wildman–Crippen MR) is 90.8 cm³/mol. The van der Waals surface area contributed by atoms with Gasteiger partial charge in [0, 0.05) is 47.5 Å². The summed E-state index contributed by atoms with van der Waals surface area (Å²) < 4.78 is 0. The molecule has 5 heteroatoms. The lowest BCUT2D eigenvalue weighted by atomic mass is 10.2. The number of allylic oxidation sites excluding steroid dienone is 1. The molecule has 0 amide bonds. The number of guanidine groups is 1. The zero-order valence-electron chi connectivity index (χ0n) is 13.6. The minimum absolute atomic E-state index is 0.738. The van der Waals surface area contributed by atoms with Gasteiger partial charge in [-0.3, -0.25) is 4.99 Å². The third-order valence-corrected chi connectivity index (χ3v) is 3.19. The summed E-state index contributed by atoms with van der Waals surface area (Å²) in [7, 11) is 7.85. The van der Waals surface area contributed by atoms with E-state index in [9.17, 15) is 0 Å². The Morgan fingerprint density at radius 3 is 2.81 bits per heavy atom. The van der Waals surface area contributed by atoms with Crippen LogP contribution < -0.4 is 10.2 Å². The molecule has 0 radical (unpaired) electrons. The van der Waals surface area contributed by atoms with E-state index in [1.807, 2.05) is 44.4 Å². The predicted octanol–water partition coefficient (Wildman–Crippen LogP) is 2.12. The van der Waals surface area contributed by atoms with Crippen LogP contribution >= 0.6 is 0 Å². The van der Waals surface area contributed by atoms with Crippen LogP contribution in [-0.4, -0.2) is 50.6 Å². The standard InChI is InChI=1S/C16H27N5/c1-6-7-8-11-21(5)16(17-2)19-13-14-9-10-18-15(12-14)20(3)4/h6,9-10,12H,1,7-8,11,13H2,2-5H3,(H,17,19). The first-order chi connectivity index (χ1) is 10.1. The Morgan fingerprint density at radius 2 is 2.19 bits per heavy atom. The van der Waals surface area contributed by atoms with Crippen molar-refractivity contribution < 1.29 is 0 Å². The monoisotopic (exact) mass is 289 g/mol. The first-order valence-corrected chi connectivity index (χ1v) is 7.23. The molecule has 1 N–H and O–H groups in total. The number of nitrogens with zero attached hydrogens (tertiary/aromatic N) is 4. The Labute approximate surface area is 128 Å². The van der Waals surface area contributed by atoms with E-state index in [2.05, 4.69) is 39.9 Å². The summed E-state index contributed by atoms with van der Waals surface area (Å²) in [5.74, 6) is 1.87. The van der Waals surface area contributed by atoms with Gasteiger partial charge < -0.3 is 15.1 Å². The molecule has 0 aromatic carbocycles. The van der Waals surface area contributed by atoms with E-state index in [4.69, 9.17) is 0 Å². The van der Waals surface area contributed by atoms with Crippen LogP contribution in [0.1, 0.15) is 18.4 Å². The zero-order chi connectivity index (χ0) is 15.7. The van der Waals surface area contributed by atoms with Gasteiger partial charge in [0.1, 0.15) is 5.82 Å². The molecule has 21 heavy (non-hydrogen) atoms. The molecular formula is C16H27N5. The van der Waals surface area contributed by atoms with Gasteiger partial charge in [-0.05, 0) is 30.5 Å². The summed E-state index contributed by atoms with van der Waals surface area (Å²) in [4.78, 5) is 12.8. The zero-order valence-corrected chi connectivity index (χ0v) is 13.6. The van der Waals surface area contributed by atoms with Crippen LogP contribution in [0, 0.1) is 0 Å². The highest BCUT2D eigenvalue weighted by Gasteiger charge is 2.05. The summed E-state index contributed by atoms with van der Waals surface area (Å²) in [5.41, 5.74) is 1.19. The highest BCUT2D eigenvalue weighted by atomic mass is 15.3. The number of rotatable bonds is 7. The Morgan fingerprint density at radius 1 is 1.43 bits per heavy atom. The molecular weight excluding hydrogens is 262 g/mol. The fraction of sp³-hybridized carbons (Fsp3) is 0.500. The average Bonchev–Trinajstić information content (AvgIpc) is 2.48. The molecule has 5 nitrogen and oxygen atoms in total. The summed E-state index contributed by atoms with van der Waals surface area (Å²) >= 11 is 0. The number of unbranched alkanes of at least 4 members (excludes halogenated alkanes) is 1. The fourth-order valence-corrected chi connectivity index (χ4v) is 1.96. The van der Waals surface area contributed by atoms with E-state index in [-0.39, 0.29) is 0 Å². The first-order valence-electron chi connectivity index (χ1n) is 7.23. The van der Waals surface area contributed by atoms with Gasteiger partial charge in [0.25, 0.3) is 0 Å². The quantitative estimate of drug-likeness (QED) is 0.361. The van der Waals surface area contributed by atoms with E-state index < -0.39 is 0 Å². The Balaban J connectivity index is 2.55. The summed E-state index contributed by atoms with van der Waals surface area (Å²) in [5, 5.41) is 3.38. The summed E-state index contributed by atoms with van der Waals surface area (Å²) in [6.07, 6.45) is 5.89. The molecule has 1 aromatic rings. The van der Waals surface area contributed by atoms with Crippen molar-refractivity contribution in [3.05, 3.63) is 36.5 Å². The Bertz CT molecular complexity index is 467. The van der Waals surface area contributed by atoms with Crippen LogP contribution in [0.15, 0.2) is 36.0 Å². The molecule has 1 rings (SSSR count). The van der Waals surface area contributed by atoms with E-state index in [0.717, 1.165) is 37.7 Å². The number of nitrogens with one attached hydrogen (secondary N) is 1. The van der Waals surface area contributed by atoms with Gasteiger partial charge in [0.05, 0.1) is 0 Å². The fourth-order valence-electron chi connectivity index (χ4n) is 1.96. The number of hydrogen-bond acceptors (Lipinski definition) is 3. The molecule has 0 spiro atoms. The van der Waals surface area contributed by atoms with Gasteiger partial charge in [-0.1, -0.05) is 6.08 Å². The number of aliphatic imine (C=N–C) groups is 1. The molecule has 0 aliphatic heterocycles. The van der Waals surface area contributed by atoms with Gasteiger partial charge in [-0.2, -0.15) is 0 Å². The normalized spacial score (nSPS) is 11.1. The van der Waals surface area contributed by atoms with Crippen molar-refractivity contribution in [3.8, 4) is 0 Å². The van der Waals surface area contributed by atoms with Crippen LogP contribution in [0.3, 0.4) is 0 Å². The SMILES string of the molecule is C=CCCCN(C)C(=NC)NCc1ccnc(N(C)C)c1. The van der Waals surface area contributed by atoms with Crippen molar-refractivity contribution in [1.82, 2.24) is 15.2 Å². The molecule has 0 saturated heterocycles. The van der Waals surface area contributed by atoms with E-state index in [1.54, 1.807) is 0 Å². The molecule has 0 bridgehead atoms. The molecule has 1 heterocycles. The van der Waals surface area contributed by atoms with Crippen molar-refractivity contribution in [2.24, 2.45) is 4.99 Å². The summed E-state index contributed by atoms with van der Waals surface area (Å²) in [6.45, 7) is 5.45. The number of anilines is 1. The third-order valence-electron chi connectivity index (χ3n) is 3.19. The minimum atomic E-state index is 0.738. The maximum atomic E-state index is 4.32. The number of aromatic nitrogens is 1. The van der Waals surface area contributed by atoms with Gasteiger partial charge in [0.15, 0.2) is 5.96 Å². The first kappa shape index (κ1) is 17.0. The Kier molecular flexibility index (Phi) is 7.29. The van der Waals surface area contributed by atoms with Crippen LogP contribution in [0.4, 0.5) is 5.82 Å². The van der Waals surface area contributed by atoms with Gasteiger partial charge in [-0.15, -0.1) is 6.58 Å². The molecule has 116 valence electrons. The van der Waals surface area contributed by atoms with E-state index in [1.165, 1.54) is 5.56 Å². The van der Waals surface area contributed by atoms with Crippen molar-refractivity contribution >= 4 is 11.8 Å². The van der Waals surface area contributed by atoms with E-state index in [0.29, 0.717) is 0 Å². The molecule has 0 unspecified atom stereocenters. The number of pyridine rings is 1. The van der Waals surface area contributed by atoms with Gasteiger partial charge in [0.2, 0.25) is 0 Å². The highest BCUT2D eigenvalue weighted by Crippen LogP contribution is 2.09. The molecule has 0 aliphatic rings. The van der Waals surface area contributed by atoms with Gasteiger partial charge in [-0.25, -0.2) is 4.98 Å². The van der Waals surface area contributed by atoms with Crippen LogP contribution in [-0.2, 0) is 6.54 Å². The lowest BCUT2D eigenvalue weighted by Crippen LogP contribution is -2.39. The van der Waals surface area contributed by atoms with E-state index >= 15 is 0 Å². The van der Waals surface area contributed by atoms with Gasteiger partial charge >= 0.3 is 0 Å². The summed E-state index contributed by atoms with van der Waals surface area (Å²) in [6, 6.07) is 4.10. The topological polar surface area (TPSA) is 43.8 Å².